The Morgan fingerprint density at radius 3 is 2.45 bits per heavy atom. The van der Waals surface area contributed by atoms with Crippen LogP contribution in [0, 0.1) is 0 Å². The Morgan fingerprint density at radius 2 is 1.91 bits per heavy atom. The Balaban J connectivity index is 2.66. The van der Waals surface area contributed by atoms with E-state index in [-0.39, 0.29) is 0 Å². The van der Waals surface area contributed by atoms with E-state index in [2.05, 4.69) is 21.2 Å². The van der Waals surface area contributed by atoms with E-state index in [1.165, 1.54) is 0 Å². The molecule has 1 nitrogen and oxygen atoms in total. The van der Waals surface area contributed by atoms with Crippen molar-refractivity contribution < 1.29 is 0 Å². The van der Waals surface area contributed by atoms with Crippen LogP contribution in [0.1, 0.15) is 6.92 Å². The number of halogens is 1. The lowest BCUT2D eigenvalue weighted by Gasteiger charge is -1.98. The second-order valence-electron chi connectivity index (χ2n) is 2.15. The van der Waals surface area contributed by atoms with Crippen LogP contribution in [0.15, 0.2) is 41.0 Å². The lowest BCUT2D eigenvalue weighted by molar-refractivity contribution is 1.54. The number of rotatable bonds is 2. The highest BCUT2D eigenvalue weighted by atomic mass is 79.9. The molecule has 0 fully saturated rings. The predicted molar refractivity (Wildman–Crippen MR) is 52.6 cm³/mol. The van der Waals surface area contributed by atoms with Crippen molar-refractivity contribution in [1.82, 2.24) is 0 Å². The number of hydrogen-bond donors (Lipinski definition) is 1. The quantitative estimate of drug-likeness (QED) is 0.792. The van der Waals surface area contributed by atoms with Crippen molar-refractivity contribution in [2.75, 3.05) is 5.32 Å². The summed E-state index contributed by atoms with van der Waals surface area (Å²) in [6, 6.07) is 8.05. The molecule has 1 aromatic rings. The predicted octanol–water partition coefficient (Wildman–Crippen LogP) is 3.39. The van der Waals surface area contributed by atoms with Gasteiger partial charge in [-0.1, -0.05) is 22.0 Å². The van der Waals surface area contributed by atoms with E-state index in [1.54, 1.807) is 0 Å². The SMILES string of the molecule is CC=CNc1ccc(Br)cc1. The van der Waals surface area contributed by atoms with Gasteiger partial charge in [-0.3, -0.25) is 0 Å². The topological polar surface area (TPSA) is 12.0 Å². The van der Waals surface area contributed by atoms with Crippen LogP contribution < -0.4 is 5.32 Å². The summed E-state index contributed by atoms with van der Waals surface area (Å²) in [5.41, 5.74) is 1.10. The van der Waals surface area contributed by atoms with E-state index in [9.17, 15) is 0 Å². The van der Waals surface area contributed by atoms with E-state index in [1.807, 2.05) is 43.5 Å². The molecule has 0 saturated carbocycles. The van der Waals surface area contributed by atoms with Crippen molar-refractivity contribution in [2.45, 2.75) is 6.92 Å². The second-order valence-corrected chi connectivity index (χ2v) is 3.07. The van der Waals surface area contributed by atoms with Gasteiger partial charge in [-0.2, -0.15) is 0 Å². The molecule has 0 heterocycles. The summed E-state index contributed by atoms with van der Waals surface area (Å²) < 4.78 is 1.10. The van der Waals surface area contributed by atoms with Gasteiger partial charge < -0.3 is 5.32 Å². The van der Waals surface area contributed by atoms with Gasteiger partial charge in [-0.15, -0.1) is 0 Å². The second kappa shape index (κ2) is 4.19. The van der Waals surface area contributed by atoms with Crippen LogP contribution in [0.25, 0.3) is 0 Å². The molecule has 0 aromatic heterocycles. The maximum absolute atomic E-state index is 3.37. The maximum atomic E-state index is 3.37. The zero-order valence-corrected chi connectivity index (χ0v) is 7.93. The number of anilines is 1. The minimum Gasteiger partial charge on any atom is -0.362 e. The number of hydrogen-bond acceptors (Lipinski definition) is 1. The van der Waals surface area contributed by atoms with E-state index in [0.29, 0.717) is 0 Å². The first kappa shape index (κ1) is 8.34. The third kappa shape index (κ3) is 2.76. The number of nitrogens with one attached hydrogen (secondary N) is 1. The molecule has 0 amide bonds. The van der Waals surface area contributed by atoms with Gasteiger partial charge in [0, 0.05) is 10.2 Å². The van der Waals surface area contributed by atoms with Gasteiger partial charge in [0.2, 0.25) is 0 Å². The summed E-state index contributed by atoms with van der Waals surface area (Å²) in [7, 11) is 0. The first-order valence-corrected chi connectivity index (χ1v) is 4.25. The molecule has 0 saturated heterocycles. The molecule has 11 heavy (non-hydrogen) atoms. The summed E-state index contributed by atoms with van der Waals surface area (Å²) >= 11 is 3.37. The fourth-order valence-electron chi connectivity index (χ4n) is 0.726. The molecular weight excluding hydrogens is 202 g/mol. The third-order valence-corrected chi connectivity index (χ3v) is 1.79. The van der Waals surface area contributed by atoms with Crippen LogP contribution in [-0.2, 0) is 0 Å². The van der Waals surface area contributed by atoms with Gasteiger partial charge in [0.1, 0.15) is 0 Å². The van der Waals surface area contributed by atoms with Gasteiger partial charge >= 0.3 is 0 Å². The fourth-order valence-corrected chi connectivity index (χ4v) is 0.990. The Morgan fingerprint density at radius 1 is 1.27 bits per heavy atom. The summed E-state index contributed by atoms with van der Waals surface area (Å²) in [6.45, 7) is 1.98. The van der Waals surface area contributed by atoms with Crippen molar-refractivity contribution >= 4 is 21.6 Å². The molecule has 0 unspecified atom stereocenters. The van der Waals surface area contributed by atoms with Gasteiger partial charge in [0.15, 0.2) is 0 Å². The highest BCUT2D eigenvalue weighted by Crippen LogP contribution is 2.13. The van der Waals surface area contributed by atoms with Gasteiger partial charge in [0.25, 0.3) is 0 Å². The summed E-state index contributed by atoms with van der Waals surface area (Å²) in [5.74, 6) is 0. The van der Waals surface area contributed by atoms with Crippen LogP contribution in [-0.4, -0.2) is 0 Å². The Kier molecular flexibility index (Phi) is 3.17. The molecule has 1 rings (SSSR count). The first-order valence-electron chi connectivity index (χ1n) is 3.46. The molecule has 0 spiro atoms. The molecule has 0 radical (unpaired) electrons. The van der Waals surface area contributed by atoms with Crippen molar-refractivity contribution in [2.24, 2.45) is 0 Å². The lowest BCUT2D eigenvalue weighted by Crippen LogP contribution is -1.84. The van der Waals surface area contributed by atoms with Crippen molar-refractivity contribution in [3.63, 3.8) is 0 Å². The van der Waals surface area contributed by atoms with Crippen LogP contribution >= 0.6 is 15.9 Å². The molecule has 1 N–H and O–H groups in total. The van der Waals surface area contributed by atoms with Crippen molar-refractivity contribution in [3.05, 3.63) is 41.0 Å². The highest BCUT2D eigenvalue weighted by molar-refractivity contribution is 9.10. The minimum absolute atomic E-state index is 1.10. The van der Waals surface area contributed by atoms with Gasteiger partial charge in [-0.25, -0.2) is 0 Å². The molecule has 0 aliphatic carbocycles. The highest BCUT2D eigenvalue weighted by Gasteiger charge is 1.86. The van der Waals surface area contributed by atoms with Crippen LogP contribution in [0.3, 0.4) is 0 Å². The molecule has 1 aromatic carbocycles. The molecule has 0 bridgehead atoms. The van der Waals surface area contributed by atoms with Gasteiger partial charge in [-0.05, 0) is 37.4 Å². The largest absolute Gasteiger partial charge is 0.362 e. The number of benzene rings is 1. The Bertz CT molecular complexity index is 238. The van der Waals surface area contributed by atoms with Crippen molar-refractivity contribution in [1.29, 1.82) is 0 Å². The van der Waals surface area contributed by atoms with E-state index >= 15 is 0 Å². The maximum Gasteiger partial charge on any atom is 0.0380 e. The molecule has 0 atom stereocenters. The molecule has 58 valence electrons. The average Bonchev–Trinajstić information content (AvgIpc) is 2.04. The molecule has 2 heteroatoms. The average molecular weight is 212 g/mol. The summed E-state index contributed by atoms with van der Waals surface area (Å²) in [4.78, 5) is 0. The molecular formula is C9H10BrN. The lowest BCUT2D eigenvalue weighted by atomic mass is 10.3. The number of allylic oxidation sites excluding steroid dienone is 1. The van der Waals surface area contributed by atoms with E-state index in [4.69, 9.17) is 0 Å². The normalized spacial score (nSPS) is 10.4. The van der Waals surface area contributed by atoms with Crippen molar-refractivity contribution in [3.8, 4) is 0 Å². The Labute approximate surface area is 75.3 Å². The van der Waals surface area contributed by atoms with Crippen LogP contribution in [0.4, 0.5) is 5.69 Å². The first-order chi connectivity index (χ1) is 5.33. The smallest absolute Gasteiger partial charge is 0.0380 e. The fraction of sp³-hybridized carbons (Fsp3) is 0.111. The van der Waals surface area contributed by atoms with E-state index < -0.39 is 0 Å². The monoisotopic (exact) mass is 211 g/mol. The third-order valence-electron chi connectivity index (χ3n) is 1.26. The summed E-state index contributed by atoms with van der Waals surface area (Å²) in [5, 5.41) is 3.12. The molecule has 0 aliphatic heterocycles. The van der Waals surface area contributed by atoms with Gasteiger partial charge in [0.05, 0.1) is 0 Å². The standard InChI is InChI=1S/C9H10BrN/c1-2-7-11-9-5-3-8(10)4-6-9/h2-7,11H,1H3. The van der Waals surface area contributed by atoms with E-state index in [0.717, 1.165) is 10.2 Å². The zero-order chi connectivity index (χ0) is 8.10. The minimum atomic E-state index is 1.10. The Hall–Kier alpha value is -0.760. The molecule has 0 aliphatic rings. The zero-order valence-electron chi connectivity index (χ0n) is 6.34. The van der Waals surface area contributed by atoms with Crippen LogP contribution in [0.5, 0.6) is 0 Å². The van der Waals surface area contributed by atoms with Crippen LogP contribution in [0.2, 0.25) is 0 Å². The summed E-state index contributed by atoms with van der Waals surface area (Å²) in [6.07, 6.45) is 3.87.